The fourth-order valence-electron chi connectivity index (χ4n) is 5.25. The molecular weight excluding hydrogens is 384 g/mol. The third-order valence-electron chi connectivity index (χ3n) is 6.67. The average Bonchev–Trinajstić information content (AvgIpc) is 3.09. The Kier molecular flexibility index (Phi) is 5.72. The number of hydrogen-bond acceptors (Lipinski definition) is 4. The van der Waals surface area contributed by atoms with Crippen LogP contribution in [-0.2, 0) is 24.1 Å². The fourth-order valence-corrected chi connectivity index (χ4v) is 5.25. The molecule has 31 heavy (non-hydrogen) atoms. The van der Waals surface area contributed by atoms with Crippen molar-refractivity contribution < 1.29 is 4.74 Å². The second-order valence-electron chi connectivity index (χ2n) is 9.40. The minimum Gasteiger partial charge on any atom is -0.382 e. The molecule has 2 aromatic carbocycles. The standard InChI is InChI=1S/C26H34N4O/c1-18-9-10-22-23(27-18)11-12-24-26(22)28-25(15-21-7-5-4-6-8-21)30(24)14-13-29-16-19(2)31-20(3)17-29/h4-8,11-12,18-20,27H,9-10,13-17H2,1-3H3/t18-,19-,20+/m0/s1. The molecule has 1 N–H and O–H groups in total. The predicted octanol–water partition coefficient (Wildman–Crippen LogP) is 4.48. The molecule has 3 atom stereocenters. The molecule has 164 valence electrons. The molecule has 0 spiro atoms. The van der Waals surface area contributed by atoms with Crippen molar-refractivity contribution >= 4 is 16.7 Å². The van der Waals surface area contributed by atoms with Crippen LogP contribution in [0.2, 0.25) is 0 Å². The summed E-state index contributed by atoms with van der Waals surface area (Å²) in [6, 6.07) is 15.8. The van der Waals surface area contributed by atoms with Crippen molar-refractivity contribution in [3.05, 3.63) is 59.4 Å². The van der Waals surface area contributed by atoms with Crippen molar-refractivity contribution in [1.29, 1.82) is 0 Å². The second kappa shape index (κ2) is 8.64. The van der Waals surface area contributed by atoms with Gasteiger partial charge in [0.15, 0.2) is 0 Å². The smallest absolute Gasteiger partial charge is 0.114 e. The number of morpholine rings is 1. The van der Waals surface area contributed by atoms with E-state index >= 15 is 0 Å². The summed E-state index contributed by atoms with van der Waals surface area (Å²) < 4.78 is 8.39. The zero-order valence-electron chi connectivity index (χ0n) is 19.0. The van der Waals surface area contributed by atoms with Gasteiger partial charge in [-0.3, -0.25) is 4.90 Å². The lowest BCUT2D eigenvalue weighted by Crippen LogP contribution is -2.46. The zero-order valence-corrected chi connectivity index (χ0v) is 19.0. The van der Waals surface area contributed by atoms with Gasteiger partial charge in [-0.05, 0) is 51.3 Å². The SMILES string of the molecule is C[C@@H]1CN(CCn2c(Cc3ccccc3)nc3c4c(ccc32)N[C@@H](C)CC4)C[C@H](C)O1. The van der Waals surface area contributed by atoms with Crippen molar-refractivity contribution in [2.75, 3.05) is 25.0 Å². The molecule has 1 aromatic heterocycles. The molecule has 0 aliphatic carbocycles. The van der Waals surface area contributed by atoms with E-state index in [1.54, 1.807) is 0 Å². The zero-order chi connectivity index (χ0) is 21.4. The van der Waals surface area contributed by atoms with Crippen LogP contribution in [0.3, 0.4) is 0 Å². The number of imidazole rings is 1. The quantitative estimate of drug-likeness (QED) is 0.663. The van der Waals surface area contributed by atoms with E-state index in [0.29, 0.717) is 18.2 Å². The summed E-state index contributed by atoms with van der Waals surface area (Å²) >= 11 is 0. The van der Waals surface area contributed by atoms with Gasteiger partial charge in [0.2, 0.25) is 0 Å². The van der Waals surface area contributed by atoms with Crippen molar-refractivity contribution in [2.24, 2.45) is 0 Å². The van der Waals surface area contributed by atoms with Crippen LogP contribution >= 0.6 is 0 Å². The van der Waals surface area contributed by atoms with E-state index in [-0.39, 0.29) is 0 Å². The van der Waals surface area contributed by atoms with Crippen molar-refractivity contribution in [3.63, 3.8) is 0 Å². The number of aromatic nitrogens is 2. The van der Waals surface area contributed by atoms with Gasteiger partial charge in [0.1, 0.15) is 5.82 Å². The number of aryl methyl sites for hydroxylation is 1. The fraction of sp³-hybridized carbons (Fsp3) is 0.500. The maximum Gasteiger partial charge on any atom is 0.114 e. The molecular formula is C26H34N4O. The molecule has 2 aliphatic heterocycles. The molecule has 5 heteroatoms. The number of benzene rings is 2. The molecule has 1 saturated heterocycles. The largest absolute Gasteiger partial charge is 0.382 e. The lowest BCUT2D eigenvalue weighted by atomic mass is 9.98. The van der Waals surface area contributed by atoms with Crippen LogP contribution in [-0.4, -0.2) is 52.3 Å². The summed E-state index contributed by atoms with van der Waals surface area (Å²) in [5.41, 5.74) is 6.42. The van der Waals surface area contributed by atoms with Crippen LogP contribution in [0.4, 0.5) is 5.69 Å². The van der Waals surface area contributed by atoms with E-state index in [9.17, 15) is 0 Å². The molecule has 3 heterocycles. The summed E-state index contributed by atoms with van der Waals surface area (Å²) in [5.74, 6) is 1.17. The Labute approximate surface area is 185 Å². The minimum absolute atomic E-state index is 0.298. The maximum atomic E-state index is 5.93. The van der Waals surface area contributed by atoms with Crippen LogP contribution in [0, 0.1) is 0 Å². The highest BCUT2D eigenvalue weighted by Gasteiger charge is 2.24. The monoisotopic (exact) mass is 418 g/mol. The van der Waals surface area contributed by atoms with E-state index in [2.05, 4.69) is 78.0 Å². The van der Waals surface area contributed by atoms with E-state index in [0.717, 1.165) is 45.4 Å². The molecule has 0 amide bonds. The van der Waals surface area contributed by atoms with Gasteiger partial charge in [0.25, 0.3) is 0 Å². The van der Waals surface area contributed by atoms with E-state index in [1.165, 1.54) is 33.7 Å². The van der Waals surface area contributed by atoms with Crippen molar-refractivity contribution in [2.45, 2.75) is 64.8 Å². The van der Waals surface area contributed by atoms with Gasteiger partial charge in [-0.15, -0.1) is 0 Å². The molecule has 3 aromatic rings. The first-order valence-electron chi connectivity index (χ1n) is 11.8. The van der Waals surface area contributed by atoms with Gasteiger partial charge in [-0.2, -0.15) is 0 Å². The minimum atomic E-state index is 0.298. The number of ether oxygens (including phenoxy) is 1. The molecule has 0 saturated carbocycles. The third kappa shape index (κ3) is 4.35. The summed E-state index contributed by atoms with van der Waals surface area (Å²) in [6.45, 7) is 10.6. The van der Waals surface area contributed by atoms with Gasteiger partial charge < -0.3 is 14.6 Å². The van der Waals surface area contributed by atoms with Gasteiger partial charge in [0, 0.05) is 49.9 Å². The van der Waals surface area contributed by atoms with Crippen LogP contribution in [0.1, 0.15) is 44.1 Å². The Hall–Kier alpha value is -2.37. The lowest BCUT2D eigenvalue weighted by molar-refractivity contribution is -0.0685. The van der Waals surface area contributed by atoms with Crippen molar-refractivity contribution in [1.82, 2.24) is 14.5 Å². The van der Waals surface area contributed by atoms with Crippen LogP contribution in [0.5, 0.6) is 0 Å². The normalized spacial score (nSPS) is 24.2. The Bertz CT molecular complexity index is 1030. The second-order valence-corrected chi connectivity index (χ2v) is 9.40. The molecule has 2 aliphatic rings. The summed E-state index contributed by atoms with van der Waals surface area (Å²) in [7, 11) is 0. The number of fused-ring (bicyclic) bond motifs is 3. The Balaban J connectivity index is 1.48. The summed E-state index contributed by atoms with van der Waals surface area (Å²) in [4.78, 5) is 7.76. The maximum absolute atomic E-state index is 5.93. The van der Waals surface area contributed by atoms with Gasteiger partial charge >= 0.3 is 0 Å². The first-order valence-corrected chi connectivity index (χ1v) is 11.8. The lowest BCUT2D eigenvalue weighted by Gasteiger charge is -2.35. The number of rotatable bonds is 5. The van der Waals surface area contributed by atoms with Crippen molar-refractivity contribution in [3.8, 4) is 0 Å². The number of hydrogen-bond donors (Lipinski definition) is 1. The molecule has 0 bridgehead atoms. The Morgan fingerprint density at radius 1 is 1.00 bits per heavy atom. The highest BCUT2D eigenvalue weighted by Crippen LogP contribution is 2.32. The van der Waals surface area contributed by atoms with Crippen LogP contribution in [0.15, 0.2) is 42.5 Å². The third-order valence-corrected chi connectivity index (χ3v) is 6.67. The van der Waals surface area contributed by atoms with Crippen LogP contribution in [0.25, 0.3) is 11.0 Å². The molecule has 1 fully saturated rings. The summed E-state index contributed by atoms with van der Waals surface area (Å²) in [5, 5.41) is 3.65. The topological polar surface area (TPSA) is 42.3 Å². The Morgan fingerprint density at radius 3 is 2.55 bits per heavy atom. The highest BCUT2D eigenvalue weighted by molar-refractivity contribution is 5.86. The molecule has 0 unspecified atom stereocenters. The number of nitrogens with zero attached hydrogens (tertiary/aromatic N) is 3. The van der Waals surface area contributed by atoms with E-state index in [1.807, 2.05) is 0 Å². The first-order chi connectivity index (χ1) is 15.1. The van der Waals surface area contributed by atoms with E-state index < -0.39 is 0 Å². The Morgan fingerprint density at radius 2 is 1.77 bits per heavy atom. The van der Waals surface area contributed by atoms with Gasteiger partial charge in [0.05, 0.1) is 23.2 Å². The van der Waals surface area contributed by atoms with E-state index in [4.69, 9.17) is 9.72 Å². The average molecular weight is 419 g/mol. The summed E-state index contributed by atoms with van der Waals surface area (Å²) in [6.07, 6.45) is 3.72. The van der Waals surface area contributed by atoms with Gasteiger partial charge in [-0.25, -0.2) is 4.98 Å². The molecule has 5 nitrogen and oxygen atoms in total. The van der Waals surface area contributed by atoms with Gasteiger partial charge in [-0.1, -0.05) is 30.3 Å². The predicted molar refractivity (Wildman–Crippen MR) is 127 cm³/mol. The highest BCUT2D eigenvalue weighted by atomic mass is 16.5. The molecule has 5 rings (SSSR count). The molecule has 0 radical (unpaired) electrons. The van der Waals surface area contributed by atoms with Crippen LogP contribution < -0.4 is 5.32 Å². The number of nitrogens with one attached hydrogen (secondary N) is 1. The number of anilines is 1. The first kappa shape index (κ1) is 20.5.